The van der Waals surface area contributed by atoms with Crippen LogP contribution in [0.2, 0.25) is 6.04 Å². The second kappa shape index (κ2) is 10.0. The Labute approximate surface area is 193 Å². The fourth-order valence-corrected chi connectivity index (χ4v) is 6.03. The molecule has 0 aliphatic heterocycles. The molecule has 0 N–H and O–H groups in total. The Balaban J connectivity index is 1.36. The predicted octanol–water partition coefficient (Wildman–Crippen LogP) is 7.93. The van der Waals surface area contributed by atoms with E-state index >= 15 is 0 Å². The normalized spacial score (nSPS) is 26.7. The minimum atomic E-state index is -3.72. The van der Waals surface area contributed by atoms with Gasteiger partial charge in [-0.15, -0.1) is 0 Å². The van der Waals surface area contributed by atoms with E-state index in [2.05, 4.69) is 10.2 Å². The summed E-state index contributed by atoms with van der Waals surface area (Å²) in [6.45, 7) is 1.86. The van der Waals surface area contributed by atoms with E-state index in [1.165, 1.54) is 49.9 Å². The van der Waals surface area contributed by atoms with Crippen LogP contribution in [0.1, 0.15) is 74.0 Å². The number of halogens is 3. The Morgan fingerprint density at radius 3 is 2.03 bits per heavy atom. The SMILES string of the molecule is Cc1ccc(OC(F)(F)c2ccc(C3CCC(C4CCC(C[Si])CC4)CC3)cc2F)cc1. The quantitative estimate of drug-likeness (QED) is 0.400. The average molecular weight is 458 g/mol. The van der Waals surface area contributed by atoms with Crippen molar-refractivity contribution in [3.63, 3.8) is 0 Å². The largest absolute Gasteiger partial charge is 0.429 e. The van der Waals surface area contributed by atoms with Gasteiger partial charge in [0.25, 0.3) is 0 Å². The number of alkyl halides is 2. The molecule has 2 fully saturated rings. The monoisotopic (exact) mass is 457 g/mol. The fourth-order valence-electron chi connectivity index (χ4n) is 5.62. The van der Waals surface area contributed by atoms with Gasteiger partial charge in [-0.05, 0) is 98.9 Å². The molecule has 0 saturated heterocycles. The Morgan fingerprint density at radius 1 is 0.875 bits per heavy atom. The molecular formula is C27H32F3OSi. The molecule has 0 heterocycles. The Bertz CT molecular complexity index is 882. The summed E-state index contributed by atoms with van der Waals surface area (Å²) in [6.07, 6.45) is 5.90. The van der Waals surface area contributed by atoms with Gasteiger partial charge in [0.15, 0.2) is 0 Å². The average Bonchev–Trinajstić information content (AvgIpc) is 2.80. The van der Waals surface area contributed by atoms with Gasteiger partial charge in [-0.3, -0.25) is 0 Å². The Morgan fingerprint density at radius 2 is 1.47 bits per heavy atom. The highest BCUT2D eigenvalue weighted by Crippen LogP contribution is 2.45. The molecule has 0 amide bonds. The third-order valence-electron chi connectivity index (χ3n) is 7.66. The van der Waals surface area contributed by atoms with Gasteiger partial charge in [0.1, 0.15) is 11.6 Å². The Hall–Kier alpha value is -1.75. The van der Waals surface area contributed by atoms with Crippen LogP contribution in [0.5, 0.6) is 5.75 Å². The first kappa shape index (κ1) is 23.4. The highest BCUT2D eigenvalue weighted by molar-refractivity contribution is 6.08. The summed E-state index contributed by atoms with van der Waals surface area (Å²) in [4.78, 5) is 0. The summed E-state index contributed by atoms with van der Waals surface area (Å²) < 4.78 is 48.8. The summed E-state index contributed by atoms with van der Waals surface area (Å²) in [5.74, 6) is 1.79. The van der Waals surface area contributed by atoms with E-state index in [1.54, 1.807) is 18.2 Å². The smallest absolute Gasteiger partial charge is 0.429 e. The molecule has 0 atom stereocenters. The van der Waals surface area contributed by atoms with E-state index in [4.69, 9.17) is 4.74 Å². The predicted molar refractivity (Wildman–Crippen MR) is 123 cm³/mol. The summed E-state index contributed by atoms with van der Waals surface area (Å²) in [6, 6.07) is 11.6. The number of hydrogen-bond acceptors (Lipinski definition) is 1. The standard InChI is InChI=1S/C27H32F3OSi/c1-18-2-13-24(14-3-18)31-27(29,30)25-15-12-23(16-26(25)28)22-10-8-21(9-11-22)20-6-4-19(17-32)5-7-20/h2-3,12-16,19-22H,4-11,17H2,1H3. The molecular weight excluding hydrogens is 425 g/mol. The highest BCUT2D eigenvalue weighted by atomic mass is 28.1. The van der Waals surface area contributed by atoms with Crippen LogP contribution in [0.3, 0.4) is 0 Å². The van der Waals surface area contributed by atoms with Gasteiger partial charge in [0.05, 0.1) is 5.56 Å². The summed E-state index contributed by atoms with van der Waals surface area (Å²) >= 11 is 0. The molecule has 0 aromatic heterocycles. The maximum Gasteiger partial charge on any atom is 0.429 e. The second-order valence-corrected chi connectivity index (χ2v) is 10.2. The minimum Gasteiger partial charge on any atom is -0.429 e. The minimum absolute atomic E-state index is 0.0208. The van der Waals surface area contributed by atoms with Crippen molar-refractivity contribution >= 4 is 10.2 Å². The van der Waals surface area contributed by atoms with Gasteiger partial charge >= 0.3 is 6.11 Å². The van der Waals surface area contributed by atoms with Crippen LogP contribution >= 0.6 is 0 Å². The van der Waals surface area contributed by atoms with Gasteiger partial charge in [-0.1, -0.05) is 42.6 Å². The maximum atomic E-state index is 14.7. The molecule has 2 saturated carbocycles. The first-order chi connectivity index (χ1) is 15.4. The zero-order chi connectivity index (χ0) is 22.7. The molecule has 4 rings (SSSR count). The lowest BCUT2D eigenvalue weighted by atomic mass is 9.68. The molecule has 0 bridgehead atoms. The van der Waals surface area contributed by atoms with E-state index in [1.807, 2.05) is 6.92 Å². The fraction of sp³-hybridized carbons (Fsp3) is 0.556. The van der Waals surface area contributed by atoms with Gasteiger partial charge < -0.3 is 4.74 Å². The van der Waals surface area contributed by atoms with E-state index in [9.17, 15) is 13.2 Å². The molecule has 3 radical (unpaired) electrons. The number of hydrogen-bond donors (Lipinski definition) is 0. The molecule has 2 aromatic rings. The Kier molecular flexibility index (Phi) is 7.33. The molecule has 171 valence electrons. The second-order valence-electron chi connectivity index (χ2n) is 9.77. The third-order valence-corrected chi connectivity index (χ3v) is 8.24. The van der Waals surface area contributed by atoms with Crippen LogP contribution in [0.15, 0.2) is 42.5 Å². The van der Waals surface area contributed by atoms with Crippen molar-refractivity contribution in [2.75, 3.05) is 0 Å². The van der Waals surface area contributed by atoms with Crippen molar-refractivity contribution in [3.8, 4) is 5.75 Å². The number of ether oxygens (including phenoxy) is 1. The molecule has 1 nitrogen and oxygen atoms in total. The van der Waals surface area contributed by atoms with Crippen molar-refractivity contribution in [1.82, 2.24) is 0 Å². The molecule has 0 spiro atoms. The van der Waals surface area contributed by atoms with Crippen LogP contribution < -0.4 is 4.74 Å². The zero-order valence-electron chi connectivity index (χ0n) is 18.8. The van der Waals surface area contributed by atoms with E-state index in [0.29, 0.717) is 0 Å². The maximum absolute atomic E-state index is 14.7. The highest BCUT2D eigenvalue weighted by Gasteiger charge is 2.38. The number of rotatable bonds is 6. The lowest BCUT2D eigenvalue weighted by molar-refractivity contribution is -0.187. The van der Waals surface area contributed by atoms with Crippen LogP contribution in [0, 0.1) is 30.5 Å². The molecule has 5 heteroatoms. The molecule has 0 unspecified atom stereocenters. The summed E-state index contributed by atoms with van der Waals surface area (Å²) in [7, 11) is 3.67. The van der Waals surface area contributed by atoms with Crippen molar-refractivity contribution in [3.05, 3.63) is 65.0 Å². The van der Waals surface area contributed by atoms with E-state index < -0.39 is 17.5 Å². The molecule has 2 aromatic carbocycles. The number of benzene rings is 2. The third kappa shape index (κ3) is 5.41. The van der Waals surface area contributed by atoms with E-state index in [-0.39, 0.29) is 11.7 Å². The van der Waals surface area contributed by atoms with Crippen molar-refractivity contribution in [1.29, 1.82) is 0 Å². The summed E-state index contributed by atoms with van der Waals surface area (Å²) in [5.41, 5.74) is 1.06. The van der Waals surface area contributed by atoms with Crippen LogP contribution in [0.25, 0.3) is 0 Å². The first-order valence-corrected chi connectivity index (χ1v) is 12.6. The zero-order valence-corrected chi connectivity index (χ0v) is 19.8. The molecule has 2 aliphatic carbocycles. The van der Waals surface area contributed by atoms with Crippen LogP contribution in [-0.2, 0) is 6.11 Å². The van der Waals surface area contributed by atoms with Crippen molar-refractivity contribution in [2.45, 2.75) is 76.4 Å². The van der Waals surface area contributed by atoms with Crippen molar-refractivity contribution < 1.29 is 17.9 Å². The van der Waals surface area contributed by atoms with Crippen molar-refractivity contribution in [2.24, 2.45) is 17.8 Å². The number of aryl methyl sites for hydroxylation is 1. The van der Waals surface area contributed by atoms with Gasteiger partial charge in [0.2, 0.25) is 0 Å². The lowest BCUT2D eigenvalue weighted by Gasteiger charge is -2.38. The molecule has 32 heavy (non-hydrogen) atoms. The summed E-state index contributed by atoms with van der Waals surface area (Å²) in [5, 5.41) is 0. The van der Waals surface area contributed by atoms with Crippen LogP contribution in [0.4, 0.5) is 13.2 Å². The van der Waals surface area contributed by atoms with Gasteiger partial charge in [-0.2, -0.15) is 8.78 Å². The van der Waals surface area contributed by atoms with E-state index in [0.717, 1.165) is 60.6 Å². The van der Waals surface area contributed by atoms with Crippen LogP contribution in [-0.4, -0.2) is 10.2 Å². The molecule has 2 aliphatic rings. The topological polar surface area (TPSA) is 9.23 Å². The first-order valence-electron chi connectivity index (χ1n) is 11.9. The van der Waals surface area contributed by atoms with Gasteiger partial charge in [0, 0.05) is 10.2 Å². The lowest BCUT2D eigenvalue weighted by Crippen LogP contribution is -2.26. The van der Waals surface area contributed by atoms with Gasteiger partial charge in [-0.25, -0.2) is 4.39 Å².